The Morgan fingerprint density at radius 3 is 2.06 bits per heavy atom. The van der Waals surface area contributed by atoms with E-state index in [9.17, 15) is 18.0 Å². The van der Waals surface area contributed by atoms with E-state index in [4.69, 9.17) is 0 Å². The maximum absolute atomic E-state index is 13.5. The van der Waals surface area contributed by atoms with Crippen LogP contribution >= 0.6 is 31.9 Å². The van der Waals surface area contributed by atoms with E-state index in [0.717, 1.165) is 50.8 Å². The lowest BCUT2D eigenvalue weighted by atomic mass is 10.1. The number of nitrogens with one attached hydrogen (secondary N) is 1. The Morgan fingerprint density at radius 1 is 1.00 bits per heavy atom. The maximum Gasteiger partial charge on any atom is 0.244 e. The van der Waals surface area contributed by atoms with E-state index in [0.29, 0.717) is 5.69 Å². The Labute approximate surface area is 218 Å². The first-order valence-electron chi connectivity index (χ1n) is 11.1. The number of carbonyl (C=O) groups is 2. The van der Waals surface area contributed by atoms with Crippen LogP contribution in [-0.2, 0) is 26.2 Å². The van der Waals surface area contributed by atoms with Gasteiger partial charge in [0.2, 0.25) is 21.8 Å². The van der Waals surface area contributed by atoms with Crippen molar-refractivity contribution in [1.29, 1.82) is 0 Å². The Bertz CT molecular complexity index is 1100. The van der Waals surface area contributed by atoms with Crippen LogP contribution in [0.3, 0.4) is 0 Å². The summed E-state index contributed by atoms with van der Waals surface area (Å²) in [6.07, 6.45) is 5.10. The van der Waals surface area contributed by atoms with Crippen molar-refractivity contribution < 1.29 is 18.0 Å². The first kappa shape index (κ1) is 26.7. The highest BCUT2D eigenvalue weighted by atomic mass is 79.9. The molecule has 3 rings (SSSR count). The van der Waals surface area contributed by atoms with Gasteiger partial charge in [0.05, 0.1) is 11.9 Å². The number of halogens is 2. The lowest BCUT2D eigenvalue weighted by molar-refractivity contribution is -0.139. The molecule has 0 saturated heterocycles. The van der Waals surface area contributed by atoms with Crippen LogP contribution in [0.5, 0.6) is 0 Å². The Balaban J connectivity index is 1.86. The molecule has 10 heteroatoms. The second-order valence-corrected chi connectivity index (χ2v) is 12.3. The highest BCUT2D eigenvalue weighted by Crippen LogP contribution is 2.22. The van der Waals surface area contributed by atoms with Crippen molar-refractivity contribution in [3.8, 4) is 0 Å². The first-order chi connectivity index (χ1) is 16.0. The summed E-state index contributed by atoms with van der Waals surface area (Å²) in [7, 11) is -3.74. The molecule has 2 aromatic carbocycles. The third-order valence-electron chi connectivity index (χ3n) is 5.93. The minimum Gasteiger partial charge on any atom is -0.352 e. The molecule has 2 amide bonds. The molecule has 2 aromatic rings. The van der Waals surface area contributed by atoms with Gasteiger partial charge >= 0.3 is 0 Å². The summed E-state index contributed by atoms with van der Waals surface area (Å²) in [5.41, 5.74) is 1.22. The second-order valence-electron chi connectivity index (χ2n) is 8.56. The van der Waals surface area contributed by atoms with E-state index in [1.807, 2.05) is 24.3 Å². The third kappa shape index (κ3) is 7.29. The molecular weight excluding hydrogens is 586 g/mol. The van der Waals surface area contributed by atoms with Gasteiger partial charge in [0.15, 0.2) is 0 Å². The summed E-state index contributed by atoms with van der Waals surface area (Å²) in [6, 6.07) is 13.5. The topological polar surface area (TPSA) is 86.8 Å². The lowest BCUT2D eigenvalue weighted by Crippen LogP contribution is -2.52. The molecule has 0 aliphatic heterocycles. The Hall–Kier alpha value is -1.91. The number of amides is 2. The number of benzene rings is 2. The minimum absolute atomic E-state index is 0.120. The highest BCUT2D eigenvalue weighted by Gasteiger charge is 2.31. The van der Waals surface area contributed by atoms with E-state index < -0.39 is 28.5 Å². The summed E-state index contributed by atoms with van der Waals surface area (Å²) in [4.78, 5) is 28.0. The molecule has 184 valence electrons. The molecule has 1 aliphatic rings. The van der Waals surface area contributed by atoms with Crippen LogP contribution in [0.2, 0.25) is 0 Å². The monoisotopic (exact) mass is 613 g/mol. The van der Waals surface area contributed by atoms with Crippen LogP contribution < -0.4 is 9.62 Å². The van der Waals surface area contributed by atoms with Crippen LogP contribution in [0.15, 0.2) is 57.5 Å². The molecule has 1 N–H and O–H groups in total. The molecule has 0 bridgehead atoms. The largest absolute Gasteiger partial charge is 0.352 e. The molecular formula is C24H29Br2N3O4S. The quantitative estimate of drug-likeness (QED) is 0.452. The van der Waals surface area contributed by atoms with Gasteiger partial charge in [-0.2, -0.15) is 0 Å². The molecule has 0 radical (unpaired) electrons. The number of hydrogen-bond acceptors (Lipinski definition) is 4. The minimum atomic E-state index is -3.74. The average Bonchev–Trinajstić information content (AvgIpc) is 3.29. The van der Waals surface area contributed by atoms with Crippen LogP contribution in [0.1, 0.15) is 38.2 Å². The van der Waals surface area contributed by atoms with Crippen molar-refractivity contribution in [2.45, 2.75) is 51.2 Å². The fraction of sp³-hybridized carbons (Fsp3) is 0.417. The van der Waals surface area contributed by atoms with E-state index in [-0.39, 0.29) is 18.5 Å². The van der Waals surface area contributed by atoms with Gasteiger partial charge in [0, 0.05) is 21.5 Å². The maximum atomic E-state index is 13.5. The third-order valence-corrected chi connectivity index (χ3v) is 8.13. The molecule has 1 atom stereocenters. The van der Waals surface area contributed by atoms with Gasteiger partial charge < -0.3 is 10.2 Å². The number of anilines is 1. The standard InChI is InChI=1S/C24H29Br2N3O4S/c1-17(24(31)27-21-5-3-4-6-21)28(15-18-7-9-19(25)10-8-18)23(30)16-29(34(2,32)33)22-13-11-20(26)12-14-22/h7-14,17,21H,3-6,15-16H2,1-2H3,(H,27,31). The van der Waals surface area contributed by atoms with Crippen LogP contribution in [0.25, 0.3) is 0 Å². The van der Waals surface area contributed by atoms with Gasteiger partial charge in [-0.25, -0.2) is 8.42 Å². The van der Waals surface area contributed by atoms with E-state index in [1.165, 1.54) is 4.90 Å². The van der Waals surface area contributed by atoms with Crippen molar-refractivity contribution in [3.05, 3.63) is 63.0 Å². The van der Waals surface area contributed by atoms with Crippen molar-refractivity contribution in [2.24, 2.45) is 0 Å². The number of nitrogens with zero attached hydrogens (tertiary/aromatic N) is 2. The van der Waals surface area contributed by atoms with Crippen LogP contribution in [0.4, 0.5) is 5.69 Å². The van der Waals surface area contributed by atoms with Crippen molar-refractivity contribution in [2.75, 3.05) is 17.1 Å². The molecule has 1 fully saturated rings. The summed E-state index contributed by atoms with van der Waals surface area (Å²) in [5.74, 6) is -0.683. The lowest BCUT2D eigenvalue weighted by Gasteiger charge is -2.32. The normalized spacial score (nSPS) is 15.1. The van der Waals surface area contributed by atoms with Crippen LogP contribution in [0, 0.1) is 0 Å². The molecule has 7 nitrogen and oxygen atoms in total. The van der Waals surface area contributed by atoms with E-state index >= 15 is 0 Å². The molecule has 1 unspecified atom stereocenters. The smallest absolute Gasteiger partial charge is 0.244 e. The van der Waals surface area contributed by atoms with Gasteiger partial charge in [0.1, 0.15) is 12.6 Å². The van der Waals surface area contributed by atoms with Gasteiger partial charge in [-0.3, -0.25) is 13.9 Å². The molecule has 1 aliphatic carbocycles. The summed E-state index contributed by atoms with van der Waals surface area (Å²) >= 11 is 6.75. The van der Waals surface area contributed by atoms with Crippen molar-refractivity contribution in [1.82, 2.24) is 10.2 Å². The zero-order valence-corrected chi connectivity index (χ0v) is 23.2. The van der Waals surface area contributed by atoms with Crippen molar-refractivity contribution >= 4 is 59.4 Å². The zero-order chi connectivity index (χ0) is 24.9. The Kier molecular flexibility index (Phi) is 9.17. The van der Waals surface area contributed by atoms with Gasteiger partial charge in [-0.1, -0.05) is 56.8 Å². The summed E-state index contributed by atoms with van der Waals surface area (Å²) in [5, 5.41) is 3.05. The highest BCUT2D eigenvalue weighted by molar-refractivity contribution is 9.10. The Morgan fingerprint density at radius 2 is 1.53 bits per heavy atom. The predicted molar refractivity (Wildman–Crippen MR) is 141 cm³/mol. The average molecular weight is 615 g/mol. The number of carbonyl (C=O) groups excluding carboxylic acids is 2. The number of sulfonamides is 1. The van der Waals surface area contributed by atoms with E-state index in [2.05, 4.69) is 37.2 Å². The SMILES string of the molecule is CC(C(=O)NC1CCCC1)N(Cc1ccc(Br)cc1)C(=O)CN(c1ccc(Br)cc1)S(C)(=O)=O. The molecule has 0 aromatic heterocycles. The molecule has 0 heterocycles. The van der Waals surface area contributed by atoms with Crippen LogP contribution in [-0.4, -0.2) is 50.0 Å². The summed E-state index contributed by atoms with van der Waals surface area (Å²) < 4.78 is 27.9. The number of hydrogen-bond donors (Lipinski definition) is 1. The molecule has 0 spiro atoms. The van der Waals surface area contributed by atoms with Gasteiger partial charge in [-0.05, 0) is 61.7 Å². The predicted octanol–water partition coefficient (Wildman–Crippen LogP) is 4.45. The first-order valence-corrected chi connectivity index (χ1v) is 14.6. The second kappa shape index (κ2) is 11.7. The molecule has 1 saturated carbocycles. The fourth-order valence-electron chi connectivity index (χ4n) is 3.98. The van der Waals surface area contributed by atoms with E-state index in [1.54, 1.807) is 31.2 Å². The molecule has 34 heavy (non-hydrogen) atoms. The fourth-order valence-corrected chi connectivity index (χ4v) is 5.36. The van der Waals surface area contributed by atoms with Gasteiger partial charge in [0.25, 0.3) is 0 Å². The number of rotatable bonds is 9. The zero-order valence-electron chi connectivity index (χ0n) is 19.2. The van der Waals surface area contributed by atoms with Gasteiger partial charge in [-0.15, -0.1) is 0 Å². The summed E-state index contributed by atoms with van der Waals surface area (Å²) in [6.45, 7) is 1.47. The van der Waals surface area contributed by atoms with Crippen molar-refractivity contribution in [3.63, 3.8) is 0 Å².